The highest BCUT2D eigenvalue weighted by molar-refractivity contribution is 7.22. The van der Waals surface area contributed by atoms with Crippen LogP contribution in [0.15, 0.2) is 47.6 Å². The molecule has 0 aliphatic heterocycles. The molecular weight excluding hydrogens is 303 g/mol. The molecule has 0 aliphatic carbocycles. The summed E-state index contributed by atoms with van der Waals surface area (Å²) in [6, 6.07) is 10.9. The smallest absolute Gasteiger partial charge is 0.271 e. The van der Waals surface area contributed by atoms with Crippen molar-refractivity contribution in [1.82, 2.24) is 10.4 Å². The molecule has 5 nitrogen and oxygen atoms in total. The first-order chi connectivity index (χ1) is 10.6. The van der Waals surface area contributed by atoms with Gasteiger partial charge in [0.05, 0.1) is 16.4 Å². The molecule has 1 aromatic heterocycles. The maximum absolute atomic E-state index is 12.8. The molecule has 0 bridgehead atoms. The fourth-order valence-electron chi connectivity index (χ4n) is 1.86. The van der Waals surface area contributed by atoms with E-state index >= 15 is 0 Å². The van der Waals surface area contributed by atoms with E-state index in [1.165, 1.54) is 29.7 Å². The van der Waals surface area contributed by atoms with Gasteiger partial charge in [-0.15, -0.1) is 0 Å². The molecule has 3 aromatic rings. The summed E-state index contributed by atoms with van der Waals surface area (Å²) in [6.45, 7) is 0. The second kappa shape index (κ2) is 5.90. The molecule has 2 aromatic carbocycles. The summed E-state index contributed by atoms with van der Waals surface area (Å²) >= 11 is 1.32. The zero-order chi connectivity index (χ0) is 15.5. The summed E-state index contributed by atoms with van der Waals surface area (Å²) in [7, 11) is 0. The molecule has 0 radical (unpaired) electrons. The molecule has 3 N–H and O–H groups in total. The van der Waals surface area contributed by atoms with Crippen molar-refractivity contribution < 1.29 is 9.18 Å². The number of nitrogen functional groups attached to an aromatic ring is 1. The van der Waals surface area contributed by atoms with Gasteiger partial charge in [0.1, 0.15) is 5.82 Å². The van der Waals surface area contributed by atoms with E-state index in [9.17, 15) is 9.18 Å². The largest absolute Gasteiger partial charge is 0.375 e. The number of hydrogen-bond acceptors (Lipinski definition) is 5. The Morgan fingerprint density at radius 2 is 2.05 bits per heavy atom. The van der Waals surface area contributed by atoms with Crippen LogP contribution in [0.25, 0.3) is 10.2 Å². The highest BCUT2D eigenvalue weighted by Gasteiger charge is 2.07. The Bertz CT molecular complexity index is 858. The molecule has 0 saturated heterocycles. The SMILES string of the molecule is Nc1nc2ccc(C(=O)N/N=C\c3ccc(F)cc3)cc2s1. The van der Waals surface area contributed by atoms with Gasteiger partial charge in [0.2, 0.25) is 0 Å². The van der Waals surface area contributed by atoms with Gasteiger partial charge in [0.15, 0.2) is 5.13 Å². The lowest BCUT2D eigenvalue weighted by Gasteiger charge is -1.99. The van der Waals surface area contributed by atoms with Crippen molar-refractivity contribution in [3.05, 3.63) is 59.4 Å². The van der Waals surface area contributed by atoms with Crippen molar-refractivity contribution in [2.75, 3.05) is 5.73 Å². The lowest BCUT2D eigenvalue weighted by Crippen LogP contribution is -2.17. The Hall–Kier alpha value is -2.80. The predicted molar refractivity (Wildman–Crippen MR) is 85.5 cm³/mol. The number of carbonyl (C=O) groups excluding carboxylic acids is 1. The summed E-state index contributed by atoms with van der Waals surface area (Å²) in [6.07, 6.45) is 1.44. The van der Waals surface area contributed by atoms with Crippen LogP contribution in [0.3, 0.4) is 0 Å². The number of nitrogens with zero attached hydrogens (tertiary/aromatic N) is 2. The minimum Gasteiger partial charge on any atom is -0.375 e. The lowest BCUT2D eigenvalue weighted by molar-refractivity contribution is 0.0955. The number of anilines is 1. The summed E-state index contributed by atoms with van der Waals surface area (Å²) < 4.78 is 13.6. The van der Waals surface area contributed by atoms with Crippen LogP contribution in [0.1, 0.15) is 15.9 Å². The van der Waals surface area contributed by atoms with Crippen LogP contribution in [0.2, 0.25) is 0 Å². The van der Waals surface area contributed by atoms with Crippen molar-refractivity contribution in [2.24, 2.45) is 5.10 Å². The first-order valence-electron chi connectivity index (χ1n) is 6.37. The zero-order valence-electron chi connectivity index (χ0n) is 11.3. The number of benzene rings is 2. The summed E-state index contributed by atoms with van der Waals surface area (Å²) in [5.74, 6) is -0.662. The van der Waals surface area contributed by atoms with Crippen LogP contribution in [-0.4, -0.2) is 17.1 Å². The molecule has 1 amide bonds. The number of fused-ring (bicyclic) bond motifs is 1. The minimum absolute atomic E-state index is 0.321. The first-order valence-corrected chi connectivity index (χ1v) is 7.18. The predicted octanol–water partition coefficient (Wildman–Crippen LogP) is 2.78. The fraction of sp³-hybridized carbons (Fsp3) is 0. The van der Waals surface area contributed by atoms with Crippen LogP contribution in [0.5, 0.6) is 0 Å². The minimum atomic E-state index is -0.341. The third-order valence-corrected chi connectivity index (χ3v) is 3.76. The number of hydrazone groups is 1. The number of rotatable bonds is 3. The van der Waals surface area contributed by atoms with Gasteiger partial charge >= 0.3 is 0 Å². The van der Waals surface area contributed by atoms with E-state index in [4.69, 9.17) is 5.73 Å². The van der Waals surface area contributed by atoms with Gasteiger partial charge < -0.3 is 5.73 Å². The summed E-state index contributed by atoms with van der Waals surface area (Å²) in [4.78, 5) is 16.1. The molecule has 1 heterocycles. The van der Waals surface area contributed by atoms with Crippen LogP contribution >= 0.6 is 11.3 Å². The fourth-order valence-corrected chi connectivity index (χ4v) is 2.64. The van der Waals surface area contributed by atoms with Crippen molar-refractivity contribution >= 4 is 38.8 Å². The van der Waals surface area contributed by atoms with Gasteiger partial charge in [-0.25, -0.2) is 14.8 Å². The van der Waals surface area contributed by atoms with Crippen LogP contribution in [0.4, 0.5) is 9.52 Å². The zero-order valence-corrected chi connectivity index (χ0v) is 12.1. The third-order valence-electron chi connectivity index (χ3n) is 2.92. The Morgan fingerprint density at radius 3 is 2.82 bits per heavy atom. The van der Waals surface area contributed by atoms with Crippen molar-refractivity contribution in [3.63, 3.8) is 0 Å². The molecule has 0 unspecified atom stereocenters. The number of hydrogen-bond donors (Lipinski definition) is 2. The van der Waals surface area contributed by atoms with E-state index in [2.05, 4.69) is 15.5 Å². The Morgan fingerprint density at radius 1 is 1.27 bits per heavy atom. The highest BCUT2D eigenvalue weighted by Crippen LogP contribution is 2.24. The van der Waals surface area contributed by atoms with Crippen LogP contribution < -0.4 is 11.2 Å². The van der Waals surface area contributed by atoms with E-state index in [1.807, 2.05) is 0 Å². The van der Waals surface area contributed by atoms with Crippen molar-refractivity contribution in [1.29, 1.82) is 0 Å². The van der Waals surface area contributed by atoms with Gasteiger partial charge in [-0.1, -0.05) is 23.5 Å². The topological polar surface area (TPSA) is 80.4 Å². The normalized spacial score (nSPS) is 11.1. The summed E-state index contributed by atoms with van der Waals surface area (Å²) in [5, 5.41) is 4.31. The second-order valence-corrected chi connectivity index (χ2v) is 5.55. The van der Waals surface area contributed by atoms with Gasteiger partial charge in [0.25, 0.3) is 5.91 Å². The quantitative estimate of drug-likeness (QED) is 0.576. The van der Waals surface area contributed by atoms with Crippen molar-refractivity contribution in [2.45, 2.75) is 0 Å². The molecule has 0 atom stereocenters. The van der Waals surface area contributed by atoms with Gasteiger partial charge in [-0.3, -0.25) is 4.79 Å². The molecule has 0 spiro atoms. The number of nitrogens with one attached hydrogen (secondary N) is 1. The molecule has 110 valence electrons. The number of aromatic nitrogens is 1. The van der Waals surface area contributed by atoms with Crippen molar-refractivity contribution in [3.8, 4) is 0 Å². The maximum atomic E-state index is 12.8. The molecule has 0 fully saturated rings. The Kier molecular flexibility index (Phi) is 3.80. The van der Waals surface area contributed by atoms with Gasteiger partial charge in [0, 0.05) is 5.56 Å². The highest BCUT2D eigenvalue weighted by atomic mass is 32.1. The maximum Gasteiger partial charge on any atom is 0.271 e. The molecule has 0 aliphatic rings. The van der Waals surface area contributed by atoms with E-state index in [1.54, 1.807) is 30.3 Å². The first kappa shape index (κ1) is 14.2. The average molecular weight is 314 g/mol. The van der Waals surface area contributed by atoms with E-state index in [-0.39, 0.29) is 11.7 Å². The number of carbonyl (C=O) groups is 1. The Labute approximate surface area is 129 Å². The third kappa shape index (κ3) is 3.09. The molecule has 22 heavy (non-hydrogen) atoms. The van der Waals surface area contributed by atoms with E-state index < -0.39 is 0 Å². The lowest BCUT2D eigenvalue weighted by atomic mass is 10.2. The second-order valence-electron chi connectivity index (χ2n) is 4.49. The number of thiazole rings is 1. The van der Waals surface area contributed by atoms with Crippen LogP contribution in [0, 0.1) is 5.82 Å². The van der Waals surface area contributed by atoms with Gasteiger partial charge in [-0.05, 0) is 35.9 Å². The van der Waals surface area contributed by atoms with E-state index in [0.717, 1.165) is 10.2 Å². The molecule has 7 heteroatoms. The monoisotopic (exact) mass is 314 g/mol. The molecule has 3 rings (SSSR count). The number of nitrogens with two attached hydrogens (primary N) is 1. The van der Waals surface area contributed by atoms with Crippen LogP contribution in [-0.2, 0) is 0 Å². The molecular formula is C15H11FN4OS. The van der Waals surface area contributed by atoms with Gasteiger partial charge in [-0.2, -0.15) is 5.10 Å². The molecule has 0 saturated carbocycles. The average Bonchev–Trinajstić information content (AvgIpc) is 2.88. The summed E-state index contributed by atoms with van der Waals surface area (Å²) in [5.41, 5.74) is 9.96. The number of amides is 1. The number of halogens is 1. The van der Waals surface area contributed by atoms with E-state index in [0.29, 0.717) is 16.3 Å². The standard InChI is InChI=1S/C15H11FN4OS/c16-11-4-1-9(2-5-11)8-18-20-14(21)10-3-6-12-13(7-10)22-15(17)19-12/h1-8H,(H2,17,19)(H,20,21)/b18-8-. The Balaban J connectivity index is 1.71.